The molecule has 3 nitrogen and oxygen atoms in total. The van der Waals surface area contributed by atoms with Gasteiger partial charge in [0.05, 0.1) is 11.1 Å². The summed E-state index contributed by atoms with van der Waals surface area (Å²) in [6, 6.07) is 3.79. The van der Waals surface area contributed by atoms with E-state index < -0.39 is 26.9 Å². The van der Waals surface area contributed by atoms with Crippen LogP contribution >= 0.6 is 0 Å². The fourth-order valence-corrected chi connectivity index (χ4v) is 3.44. The Morgan fingerprint density at radius 2 is 1.71 bits per heavy atom. The molecule has 0 atom stereocenters. The Kier molecular flexibility index (Phi) is 6.04. The van der Waals surface area contributed by atoms with Crippen molar-refractivity contribution in [3.63, 3.8) is 0 Å². The molecule has 1 heterocycles. The van der Waals surface area contributed by atoms with Gasteiger partial charge in [0.1, 0.15) is 11.6 Å². The molecule has 0 saturated carbocycles. The summed E-state index contributed by atoms with van der Waals surface area (Å²) >= 11 is 0. The average Bonchev–Trinajstić information content (AvgIpc) is 2.50. The number of aromatic nitrogens is 1. The maximum absolute atomic E-state index is 13.8. The lowest BCUT2D eigenvalue weighted by Gasteiger charge is -2.37. The Hall–Kier alpha value is -1.83. The second-order valence-corrected chi connectivity index (χ2v) is 13.5. The zero-order valence-electron chi connectivity index (χ0n) is 17.3. The van der Waals surface area contributed by atoms with Crippen LogP contribution in [0.4, 0.5) is 17.6 Å². The molecule has 0 aliphatic rings. The van der Waals surface area contributed by atoms with Crippen LogP contribution in [0.1, 0.15) is 46.1 Å². The van der Waals surface area contributed by atoms with Gasteiger partial charge in [0.25, 0.3) is 8.32 Å². The van der Waals surface area contributed by atoms with Crippen molar-refractivity contribution in [2.24, 2.45) is 0 Å². The van der Waals surface area contributed by atoms with Crippen LogP contribution in [-0.4, -0.2) is 26.1 Å². The van der Waals surface area contributed by atoms with E-state index in [9.17, 15) is 17.6 Å². The maximum Gasteiger partial charge on any atom is 0.422 e. The molecule has 1 aromatic carbocycles. The molecule has 2 rings (SSSR count). The quantitative estimate of drug-likeness (QED) is 0.395. The first-order valence-electron chi connectivity index (χ1n) is 9.14. The molecule has 28 heavy (non-hydrogen) atoms. The minimum atomic E-state index is -4.52. The first-order chi connectivity index (χ1) is 12.6. The second-order valence-electron chi connectivity index (χ2n) is 8.74. The summed E-state index contributed by atoms with van der Waals surface area (Å²) in [6.07, 6.45) is -4.52. The number of rotatable bonds is 5. The van der Waals surface area contributed by atoms with Crippen molar-refractivity contribution in [2.45, 2.75) is 64.8 Å². The number of alkyl halides is 3. The van der Waals surface area contributed by atoms with Gasteiger partial charge in [0, 0.05) is 5.39 Å². The maximum atomic E-state index is 13.8. The van der Waals surface area contributed by atoms with Gasteiger partial charge in [0.2, 0.25) is 5.88 Å². The summed E-state index contributed by atoms with van der Waals surface area (Å²) in [6.45, 7) is 12.4. The van der Waals surface area contributed by atoms with Gasteiger partial charge in [-0.25, -0.2) is 9.37 Å². The Bertz CT molecular complexity index is 858. The molecule has 0 radical (unpaired) electrons. The number of halogens is 4. The van der Waals surface area contributed by atoms with Gasteiger partial charge in [-0.3, -0.25) is 0 Å². The number of hydrogen-bond acceptors (Lipinski definition) is 3. The molecule has 2 aromatic rings. The Balaban J connectivity index is 2.73. The van der Waals surface area contributed by atoms with Crippen LogP contribution in [-0.2, 0) is 0 Å². The highest BCUT2D eigenvalue weighted by atomic mass is 28.4. The van der Waals surface area contributed by atoms with E-state index in [0.717, 1.165) is 6.07 Å². The summed E-state index contributed by atoms with van der Waals surface area (Å²) in [7, 11) is -2.32. The third-order valence-corrected chi connectivity index (χ3v) is 9.33. The van der Waals surface area contributed by atoms with Crippen LogP contribution in [0.15, 0.2) is 18.2 Å². The third kappa shape index (κ3) is 4.95. The molecule has 0 amide bonds. The smallest absolute Gasteiger partial charge is 0.422 e. The van der Waals surface area contributed by atoms with Gasteiger partial charge in [-0.05, 0) is 42.2 Å². The fourth-order valence-electron chi connectivity index (χ4n) is 2.49. The van der Waals surface area contributed by atoms with Crippen LogP contribution in [0, 0.1) is 5.82 Å². The largest absolute Gasteiger partial charge is 0.530 e. The average molecular weight is 418 g/mol. The van der Waals surface area contributed by atoms with Gasteiger partial charge in [-0.2, -0.15) is 13.2 Å². The van der Waals surface area contributed by atoms with Crippen LogP contribution in [0.5, 0.6) is 11.6 Å². The molecule has 0 saturated heterocycles. The van der Waals surface area contributed by atoms with Gasteiger partial charge in [-0.1, -0.05) is 34.6 Å². The highest BCUT2D eigenvalue weighted by Crippen LogP contribution is 2.44. The van der Waals surface area contributed by atoms with Crippen molar-refractivity contribution in [2.75, 3.05) is 6.61 Å². The number of pyridine rings is 1. The van der Waals surface area contributed by atoms with Gasteiger partial charge >= 0.3 is 6.18 Å². The van der Waals surface area contributed by atoms with E-state index in [1.807, 2.05) is 26.9 Å². The van der Waals surface area contributed by atoms with Crippen LogP contribution in [0.25, 0.3) is 10.9 Å². The van der Waals surface area contributed by atoms with E-state index in [0.29, 0.717) is 11.1 Å². The van der Waals surface area contributed by atoms with Crippen LogP contribution in [0.2, 0.25) is 18.1 Å². The molecule has 1 aromatic heterocycles. The standard InChI is InChI=1S/C20H27F4NO2Si/c1-12(2)16-17(26-11-20(22,23)24)14-10-13(21)8-9-15(14)25-18(16)27-28(6,7)19(3,4)5/h8-10,12H,11H2,1-7H3. The first-order valence-corrected chi connectivity index (χ1v) is 12.0. The van der Waals surface area contributed by atoms with Gasteiger partial charge in [0.15, 0.2) is 6.61 Å². The number of ether oxygens (including phenoxy) is 1. The molecule has 0 fully saturated rings. The molecule has 156 valence electrons. The summed E-state index contributed by atoms with van der Waals surface area (Å²) in [5, 5.41) is 0.0729. The summed E-state index contributed by atoms with van der Waals surface area (Å²) in [5.74, 6) is -0.564. The molecule has 8 heteroatoms. The fraction of sp³-hybridized carbons (Fsp3) is 0.550. The molecule has 0 spiro atoms. The second kappa shape index (κ2) is 7.53. The zero-order chi connectivity index (χ0) is 21.5. The number of fused-ring (bicyclic) bond motifs is 1. The molecule has 0 aliphatic heterocycles. The lowest BCUT2D eigenvalue weighted by Crippen LogP contribution is -2.44. The topological polar surface area (TPSA) is 31.4 Å². The minimum Gasteiger partial charge on any atom is -0.530 e. The summed E-state index contributed by atoms with van der Waals surface area (Å²) in [4.78, 5) is 4.53. The van der Waals surface area contributed by atoms with Gasteiger partial charge < -0.3 is 9.16 Å². The molecule has 0 bridgehead atoms. The molecule has 0 aliphatic carbocycles. The third-order valence-electron chi connectivity index (χ3n) is 5.02. The summed E-state index contributed by atoms with van der Waals surface area (Å²) in [5.41, 5.74) is 0.754. The number of benzene rings is 1. The van der Waals surface area contributed by atoms with Crippen LogP contribution < -0.4 is 9.16 Å². The molecule has 0 N–H and O–H groups in total. The van der Waals surface area contributed by atoms with E-state index in [4.69, 9.17) is 9.16 Å². The van der Waals surface area contributed by atoms with Crippen molar-refractivity contribution in [3.8, 4) is 11.6 Å². The monoisotopic (exact) mass is 417 g/mol. The van der Waals surface area contributed by atoms with Crippen molar-refractivity contribution in [1.82, 2.24) is 4.98 Å². The van der Waals surface area contributed by atoms with Crippen molar-refractivity contribution < 1.29 is 26.7 Å². The van der Waals surface area contributed by atoms with Crippen LogP contribution in [0.3, 0.4) is 0 Å². The predicted octanol–water partition coefficient (Wildman–Crippen LogP) is 6.82. The minimum absolute atomic E-state index is 0.0227. The number of nitrogens with zero attached hydrogens (tertiary/aromatic N) is 1. The summed E-state index contributed by atoms with van der Waals surface area (Å²) < 4.78 is 63.9. The van der Waals surface area contributed by atoms with E-state index >= 15 is 0 Å². The Labute approximate surface area is 164 Å². The lowest BCUT2D eigenvalue weighted by molar-refractivity contribution is -0.153. The lowest BCUT2D eigenvalue weighted by atomic mass is 10.0. The zero-order valence-corrected chi connectivity index (χ0v) is 18.3. The normalized spacial score (nSPS) is 13.3. The van der Waals surface area contributed by atoms with E-state index in [-0.39, 0.29) is 28.0 Å². The Morgan fingerprint density at radius 1 is 1.11 bits per heavy atom. The van der Waals surface area contributed by atoms with Crippen molar-refractivity contribution >= 4 is 19.2 Å². The molecular weight excluding hydrogens is 390 g/mol. The SMILES string of the molecule is CC(C)c1c(O[Si](C)(C)C(C)(C)C)nc2ccc(F)cc2c1OCC(F)(F)F. The first kappa shape index (κ1) is 22.5. The van der Waals surface area contributed by atoms with Crippen molar-refractivity contribution in [1.29, 1.82) is 0 Å². The molecular formula is C20H27F4NO2Si. The highest BCUT2D eigenvalue weighted by Gasteiger charge is 2.40. The van der Waals surface area contributed by atoms with E-state index in [2.05, 4.69) is 25.8 Å². The van der Waals surface area contributed by atoms with Gasteiger partial charge in [-0.15, -0.1) is 0 Å². The molecule has 0 unspecified atom stereocenters. The Morgan fingerprint density at radius 3 is 2.21 bits per heavy atom. The van der Waals surface area contributed by atoms with Crippen molar-refractivity contribution in [3.05, 3.63) is 29.6 Å². The van der Waals surface area contributed by atoms with E-state index in [1.54, 1.807) is 0 Å². The highest BCUT2D eigenvalue weighted by molar-refractivity contribution is 6.74. The number of hydrogen-bond donors (Lipinski definition) is 0. The van der Waals surface area contributed by atoms with E-state index in [1.165, 1.54) is 12.1 Å². The predicted molar refractivity (Wildman–Crippen MR) is 105 cm³/mol.